The van der Waals surface area contributed by atoms with Crippen molar-refractivity contribution < 1.29 is 14.6 Å². The Morgan fingerprint density at radius 2 is 2.43 bits per heavy atom. The third-order valence-electron chi connectivity index (χ3n) is 1.34. The molecule has 0 saturated heterocycles. The monoisotopic (exact) mass is 233 g/mol. The zero-order valence-corrected chi connectivity index (χ0v) is 8.88. The molecule has 1 atom stereocenters. The van der Waals surface area contributed by atoms with E-state index in [1.165, 1.54) is 12.3 Å². The van der Waals surface area contributed by atoms with Crippen LogP contribution in [0.25, 0.3) is 0 Å². The summed E-state index contributed by atoms with van der Waals surface area (Å²) >= 11 is 6.69. The summed E-state index contributed by atoms with van der Waals surface area (Å²) in [4.78, 5) is 14.4. The number of halogens is 1. The normalized spacial score (nSPS) is 12.1. The number of rotatable bonds is 4. The lowest BCUT2D eigenvalue weighted by Gasteiger charge is -2.10. The second-order valence-corrected chi connectivity index (χ2v) is 3.67. The van der Waals surface area contributed by atoms with Crippen molar-refractivity contribution >= 4 is 29.3 Å². The molecular weight excluding hydrogens is 226 g/mol. The Morgan fingerprint density at radius 3 is 2.86 bits per heavy atom. The molecule has 4 nitrogen and oxygen atoms in total. The molecule has 0 aromatic carbocycles. The summed E-state index contributed by atoms with van der Waals surface area (Å²) < 4.78 is 5.07. The van der Waals surface area contributed by atoms with Crippen molar-refractivity contribution in [2.45, 2.75) is 5.44 Å². The number of carbonyl (C=O) groups is 1. The predicted octanol–water partition coefficient (Wildman–Crippen LogP) is 1.89. The van der Waals surface area contributed by atoms with Crippen LogP contribution in [0.4, 0.5) is 0 Å². The number of nitrogens with zero attached hydrogens (tertiary/aromatic N) is 1. The average Bonchev–Trinajstić information content (AvgIpc) is 2.16. The zero-order chi connectivity index (χ0) is 10.6. The molecule has 76 valence electrons. The van der Waals surface area contributed by atoms with Crippen molar-refractivity contribution in [3.63, 3.8) is 0 Å². The number of thioether (sulfide) groups is 1. The highest BCUT2D eigenvalue weighted by molar-refractivity contribution is 7.99. The minimum Gasteiger partial charge on any atom is -0.478 e. The molecular formula is C8H8ClNO3S. The minimum absolute atomic E-state index is 0.246. The van der Waals surface area contributed by atoms with Crippen LogP contribution in [0.3, 0.4) is 0 Å². The summed E-state index contributed by atoms with van der Waals surface area (Å²) in [5.74, 6) is -0.787. The summed E-state index contributed by atoms with van der Waals surface area (Å²) in [6, 6.07) is 3.11. The molecule has 0 spiro atoms. The Morgan fingerprint density at radius 1 is 1.71 bits per heavy atom. The van der Waals surface area contributed by atoms with Crippen LogP contribution < -0.4 is 4.74 Å². The van der Waals surface area contributed by atoms with Gasteiger partial charge in [0.1, 0.15) is 0 Å². The van der Waals surface area contributed by atoms with Crippen molar-refractivity contribution in [2.75, 3.05) is 6.26 Å². The van der Waals surface area contributed by atoms with Gasteiger partial charge in [-0.25, -0.2) is 9.78 Å². The first-order valence-corrected chi connectivity index (χ1v) is 5.34. The van der Waals surface area contributed by atoms with Crippen molar-refractivity contribution in [2.24, 2.45) is 0 Å². The summed E-state index contributed by atoms with van der Waals surface area (Å²) in [6.45, 7) is 0. The van der Waals surface area contributed by atoms with E-state index >= 15 is 0 Å². The molecule has 0 fully saturated rings. The highest BCUT2D eigenvalue weighted by Gasteiger charge is 2.17. The lowest BCUT2D eigenvalue weighted by Crippen LogP contribution is -2.23. The number of aromatic nitrogens is 1. The average molecular weight is 234 g/mol. The number of hydrogen-bond donors (Lipinski definition) is 1. The molecule has 14 heavy (non-hydrogen) atoms. The van der Waals surface area contributed by atoms with Gasteiger partial charge >= 0.3 is 5.97 Å². The maximum Gasteiger partial charge on any atom is 0.355 e. The quantitative estimate of drug-likeness (QED) is 0.805. The second kappa shape index (κ2) is 5.07. The Labute approximate surface area is 90.2 Å². The highest BCUT2D eigenvalue weighted by atomic mass is 35.5. The van der Waals surface area contributed by atoms with E-state index in [-0.39, 0.29) is 5.88 Å². The van der Waals surface area contributed by atoms with Crippen LogP contribution in [0.15, 0.2) is 18.3 Å². The molecule has 0 saturated carbocycles. The fourth-order valence-electron chi connectivity index (χ4n) is 0.741. The Hall–Kier alpha value is -0.940. The maximum atomic E-state index is 10.6. The van der Waals surface area contributed by atoms with Gasteiger partial charge in [0.25, 0.3) is 0 Å². The summed E-state index contributed by atoms with van der Waals surface area (Å²) in [6.07, 6.45) is 3.05. The Bertz CT molecular complexity index is 317. The van der Waals surface area contributed by atoms with Crippen LogP contribution in [-0.2, 0) is 4.79 Å². The van der Waals surface area contributed by atoms with E-state index in [2.05, 4.69) is 4.98 Å². The van der Waals surface area contributed by atoms with Crippen molar-refractivity contribution in [3.8, 4) is 5.88 Å². The van der Waals surface area contributed by atoms with E-state index in [9.17, 15) is 4.79 Å². The number of hydrogen-bond acceptors (Lipinski definition) is 4. The standard InChI is InChI=1S/C8H8ClNO3S/c1-14-8(7(11)12)13-6-3-2-5(9)4-10-6/h2-4,8H,1H3,(H,11,12). The number of carboxylic acid groups (broad SMARTS) is 1. The number of aliphatic carboxylic acids is 1. The molecule has 1 rings (SSSR count). The van der Waals surface area contributed by atoms with E-state index in [0.29, 0.717) is 5.02 Å². The lowest BCUT2D eigenvalue weighted by atomic mass is 10.5. The summed E-state index contributed by atoms with van der Waals surface area (Å²) in [5.41, 5.74) is -0.941. The summed E-state index contributed by atoms with van der Waals surface area (Å²) in [7, 11) is 0. The van der Waals surface area contributed by atoms with Crippen LogP contribution in [0.5, 0.6) is 5.88 Å². The molecule has 6 heteroatoms. The Balaban J connectivity index is 2.67. The molecule has 1 N–H and O–H groups in total. The van der Waals surface area contributed by atoms with E-state index in [4.69, 9.17) is 21.4 Å². The molecule has 0 aliphatic rings. The van der Waals surface area contributed by atoms with Gasteiger partial charge in [-0.1, -0.05) is 11.6 Å². The molecule has 0 bridgehead atoms. The number of carboxylic acids is 1. The predicted molar refractivity (Wildman–Crippen MR) is 54.8 cm³/mol. The van der Waals surface area contributed by atoms with Gasteiger partial charge < -0.3 is 9.84 Å². The fourth-order valence-corrected chi connectivity index (χ4v) is 1.25. The molecule has 0 aliphatic carbocycles. The maximum absolute atomic E-state index is 10.6. The van der Waals surface area contributed by atoms with Gasteiger partial charge in [-0.2, -0.15) is 0 Å². The first-order valence-electron chi connectivity index (χ1n) is 3.67. The van der Waals surface area contributed by atoms with Crippen LogP contribution in [0, 0.1) is 0 Å². The zero-order valence-electron chi connectivity index (χ0n) is 7.31. The molecule has 1 aromatic rings. The van der Waals surface area contributed by atoms with Gasteiger partial charge in [0.05, 0.1) is 5.02 Å². The second-order valence-electron chi connectivity index (χ2n) is 2.34. The van der Waals surface area contributed by atoms with Gasteiger partial charge in [0.2, 0.25) is 11.3 Å². The highest BCUT2D eigenvalue weighted by Crippen LogP contribution is 2.16. The number of pyridine rings is 1. The van der Waals surface area contributed by atoms with Crippen LogP contribution in [-0.4, -0.2) is 27.8 Å². The molecule has 0 radical (unpaired) electrons. The molecule has 1 unspecified atom stereocenters. The van der Waals surface area contributed by atoms with Gasteiger partial charge in [-0.15, -0.1) is 11.8 Å². The number of ether oxygens (including phenoxy) is 1. The van der Waals surface area contributed by atoms with Crippen LogP contribution in [0.1, 0.15) is 0 Å². The third-order valence-corrected chi connectivity index (χ3v) is 2.29. The first-order chi connectivity index (χ1) is 6.63. The van der Waals surface area contributed by atoms with Crippen LogP contribution >= 0.6 is 23.4 Å². The van der Waals surface area contributed by atoms with E-state index in [0.717, 1.165) is 11.8 Å². The minimum atomic E-state index is -1.03. The van der Waals surface area contributed by atoms with Gasteiger partial charge in [-0.05, 0) is 12.3 Å². The SMILES string of the molecule is CSC(Oc1ccc(Cl)cn1)C(=O)O. The van der Waals surface area contributed by atoms with E-state index in [1.807, 2.05) is 0 Å². The van der Waals surface area contributed by atoms with Crippen LogP contribution in [0.2, 0.25) is 5.02 Å². The lowest BCUT2D eigenvalue weighted by molar-refractivity contribution is -0.141. The molecule has 1 heterocycles. The third kappa shape index (κ3) is 3.08. The van der Waals surface area contributed by atoms with Crippen molar-refractivity contribution in [1.29, 1.82) is 0 Å². The van der Waals surface area contributed by atoms with E-state index < -0.39 is 11.4 Å². The Kier molecular flexibility index (Phi) is 4.03. The van der Waals surface area contributed by atoms with E-state index in [1.54, 1.807) is 12.3 Å². The van der Waals surface area contributed by atoms with Crippen molar-refractivity contribution in [1.82, 2.24) is 4.98 Å². The van der Waals surface area contributed by atoms with Gasteiger partial charge in [0, 0.05) is 12.3 Å². The smallest absolute Gasteiger partial charge is 0.355 e. The van der Waals surface area contributed by atoms with Crippen molar-refractivity contribution in [3.05, 3.63) is 23.4 Å². The molecule has 0 aliphatic heterocycles. The van der Waals surface area contributed by atoms with Gasteiger partial charge in [-0.3, -0.25) is 0 Å². The molecule has 0 amide bonds. The van der Waals surface area contributed by atoms with Gasteiger partial charge in [0.15, 0.2) is 0 Å². The molecule has 1 aromatic heterocycles. The summed E-state index contributed by atoms with van der Waals surface area (Å²) in [5, 5.41) is 9.17. The fraction of sp³-hybridized carbons (Fsp3) is 0.250. The first kappa shape index (κ1) is 11.1. The topological polar surface area (TPSA) is 59.4 Å². The largest absolute Gasteiger partial charge is 0.478 e.